The van der Waals surface area contributed by atoms with E-state index >= 15 is 0 Å². The van der Waals surface area contributed by atoms with Crippen LogP contribution in [0.25, 0.3) is 10.8 Å². The Morgan fingerprint density at radius 3 is 2.67 bits per heavy atom. The molecule has 2 aliphatic rings. The molecule has 2 aliphatic carbocycles. The number of hydrogen-bond acceptors (Lipinski definition) is 0. The van der Waals surface area contributed by atoms with E-state index in [0.717, 1.165) is 46.9 Å². The van der Waals surface area contributed by atoms with E-state index in [9.17, 15) is 4.39 Å². The molecule has 0 nitrogen and oxygen atoms in total. The Labute approximate surface area is 163 Å². The standard InChI is InChI=1S/C26H33F/c1-3-4-5-6-19-9-12-24-17-23(13-14-25(24)26(19)27)22-11-10-20-15-18(2)7-8-21(20)16-22/h3-4,9,12-14,17-18,20-22H,5-8,10-11,15-16H2,1-2H3/b4-3+/t18?,20-,21?,22-/m1/s1. The zero-order valence-corrected chi connectivity index (χ0v) is 16.9. The summed E-state index contributed by atoms with van der Waals surface area (Å²) < 4.78 is 14.9. The predicted octanol–water partition coefficient (Wildman–Crippen LogP) is 7.81. The molecule has 2 fully saturated rings. The van der Waals surface area contributed by atoms with Gasteiger partial charge in [0.2, 0.25) is 0 Å². The molecule has 0 radical (unpaired) electrons. The van der Waals surface area contributed by atoms with Gasteiger partial charge in [-0.25, -0.2) is 4.39 Å². The summed E-state index contributed by atoms with van der Waals surface area (Å²) in [5.41, 5.74) is 2.27. The van der Waals surface area contributed by atoms with E-state index in [2.05, 4.69) is 31.2 Å². The molecule has 1 heteroatoms. The summed E-state index contributed by atoms with van der Waals surface area (Å²) in [4.78, 5) is 0. The molecule has 2 unspecified atom stereocenters. The maximum Gasteiger partial charge on any atom is 0.134 e. The first-order chi connectivity index (χ1) is 13.2. The van der Waals surface area contributed by atoms with Crippen molar-refractivity contribution in [1.82, 2.24) is 0 Å². The van der Waals surface area contributed by atoms with Crippen molar-refractivity contribution in [3.05, 3.63) is 59.4 Å². The maximum atomic E-state index is 14.9. The van der Waals surface area contributed by atoms with Crippen LogP contribution in [0.3, 0.4) is 0 Å². The van der Waals surface area contributed by atoms with Crippen LogP contribution in [0.4, 0.5) is 4.39 Å². The molecule has 4 rings (SSSR count). The van der Waals surface area contributed by atoms with Gasteiger partial charge in [0.05, 0.1) is 0 Å². The van der Waals surface area contributed by atoms with Crippen molar-refractivity contribution in [3.8, 4) is 0 Å². The molecule has 2 saturated carbocycles. The fourth-order valence-corrected chi connectivity index (χ4v) is 5.63. The Bertz CT molecular complexity index is 818. The molecule has 2 aromatic carbocycles. The topological polar surface area (TPSA) is 0 Å². The van der Waals surface area contributed by atoms with Gasteiger partial charge >= 0.3 is 0 Å². The molecule has 0 amide bonds. The van der Waals surface area contributed by atoms with E-state index < -0.39 is 0 Å². The van der Waals surface area contributed by atoms with Crippen molar-refractivity contribution in [2.24, 2.45) is 17.8 Å². The molecule has 2 aromatic rings. The van der Waals surface area contributed by atoms with Gasteiger partial charge in [0.25, 0.3) is 0 Å². The molecule has 0 bridgehead atoms. The summed E-state index contributed by atoms with van der Waals surface area (Å²) >= 11 is 0. The molecule has 144 valence electrons. The lowest BCUT2D eigenvalue weighted by Crippen LogP contribution is -2.29. The first-order valence-electron chi connectivity index (χ1n) is 11.0. The van der Waals surface area contributed by atoms with Gasteiger partial charge in [-0.3, -0.25) is 0 Å². The zero-order valence-electron chi connectivity index (χ0n) is 16.9. The number of fused-ring (bicyclic) bond motifs is 2. The number of rotatable bonds is 4. The van der Waals surface area contributed by atoms with E-state index in [0.29, 0.717) is 5.92 Å². The molecule has 0 heterocycles. The van der Waals surface area contributed by atoms with Gasteiger partial charge in [-0.15, -0.1) is 0 Å². The van der Waals surface area contributed by atoms with Crippen LogP contribution < -0.4 is 0 Å². The van der Waals surface area contributed by atoms with Crippen molar-refractivity contribution in [1.29, 1.82) is 0 Å². The van der Waals surface area contributed by atoms with Gasteiger partial charge in [-0.05, 0) is 92.1 Å². The molecule has 0 aliphatic heterocycles. The summed E-state index contributed by atoms with van der Waals surface area (Å²) in [7, 11) is 0. The predicted molar refractivity (Wildman–Crippen MR) is 114 cm³/mol. The first-order valence-corrected chi connectivity index (χ1v) is 11.0. The van der Waals surface area contributed by atoms with Gasteiger partial charge in [-0.1, -0.05) is 55.8 Å². The molecular formula is C26H33F. The summed E-state index contributed by atoms with van der Waals surface area (Å²) in [6.45, 7) is 4.44. The SMILES string of the molecule is C/C=C/CCc1ccc2cc([C@@H]3CC[C@@H]4CC(C)CCC4C3)ccc2c1F. The second-order valence-electron chi connectivity index (χ2n) is 9.08. The van der Waals surface area contributed by atoms with Crippen LogP contribution >= 0.6 is 0 Å². The largest absolute Gasteiger partial charge is 0.206 e. The van der Waals surface area contributed by atoms with Gasteiger partial charge < -0.3 is 0 Å². The molecule has 4 atom stereocenters. The zero-order chi connectivity index (χ0) is 18.8. The highest BCUT2D eigenvalue weighted by molar-refractivity contribution is 5.84. The number of halogens is 1. The van der Waals surface area contributed by atoms with Crippen LogP contribution in [-0.4, -0.2) is 0 Å². The number of allylic oxidation sites excluding steroid dienone is 2. The first kappa shape index (κ1) is 18.7. The number of hydrogen-bond donors (Lipinski definition) is 0. The second kappa shape index (κ2) is 8.17. The van der Waals surface area contributed by atoms with Crippen LogP contribution in [0, 0.1) is 23.6 Å². The Morgan fingerprint density at radius 1 is 1.00 bits per heavy atom. The third-order valence-corrected chi connectivity index (χ3v) is 7.22. The molecule has 0 N–H and O–H groups in total. The summed E-state index contributed by atoms with van der Waals surface area (Å²) in [5, 5.41) is 1.86. The Hall–Kier alpha value is -1.63. The van der Waals surface area contributed by atoms with E-state index in [1.807, 2.05) is 25.1 Å². The van der Waals surface area contributed by atoms with Crippen LogP contribution in [-0.2, 0) is 6.42 Å². The van der Waals surface area contributed by atoms with Crippen LogP contribution in [0.15, 0.2) is 42.5 Å². The minimum atomic E-state index is -0.0199. The monoisotopic (exact) mass is 364 g/mol. The highest BCUT2D eigenvalue weighted by Crippen LogP contribution is 2.47. The van der Waals surface area contributed by atoms with E-state index in [1.165, 1.54) is 44.1 Å². The minimum Gasteiger partial charge on any atom is -0.206 e. The van der Waals surface area contributed by atoms with Crippen LogP contribution in [0.5, 0.6) is 0 Å². The molecule has 27 heavy (non-hydrogen) atoms. The van der Waals surface area contributed by atoms with Crippen molar-refractivity contribution in [2.45, 2.75) is 71.1 Å². The third kappa shape index (κ3) is 3.98. The number of aryl methyl sites for hydroxylation is 1. The van der Waals surface area contributed by atoms with Crippen LogP contribution in [0.1, 0.15) is 75.8 Å². The summed E-state index contributed by atoms with van der Waals surface area (Å²) in [6, 6.07) is 10.6. The molecule has 0 saturated heterocycles. The smallest absolute Gasteiger partial charge is 0.134 e. The summed E-state index contributed by atoms with van der Waals surface area (Å²) in [6.07, 6.45) is 14.1. The van der Waals surface area contributed by atoms with E-state index in [1.54, 1.807) is 0 Å². The Kier molecular flexibility index (Phi) is 5.66. The Morgan fingerprint density at radius 2 is 1.81 bits per heavy atom. The molecule has 0 aromatic heterocycles. The van der Waals surface area contributed by atoms with Crippen molar-refractivity contribution in [2.75, 3.05) is 0 Å². The van der Waals surface area contributed by atoms with Gasteiger partial charge in [0.1, 0.15) is 5.82 Å². The van der Waals surface area contributed by atoms with E-state index in [-0.39, 0.29) is 5.82 Å². The average molecular weight is 365 g/mol. The van der Waals surface area contributed by atoms with E-state index in [4.69, 9.17) is 0 Å². The number of benzene rings is 2. The molecular weight excluding hydrogens is 331 g/mol. The lowest BCUT2D eigenvalue weighted by molar-refractivity contribution is 0.124. The second-order valence-corrected chi connectivity index (χ2v) is 9.08. The highest BCUT2D eigenvalue weighted by atomic mass is 19.1. The normalized spacial score (nSPS) is 28.6. The third-order valence-electron chi connectivity index (χ3n) is 7.22. The highest BCUT2D eigenvalue weighted by Gasteiger charge is 2.34. The van der Waals surface area contributed by atoms with Crippen molar-refractivity contribution in [3.63, 3.8) is 0 Å². The maximum absolute atomic E-state index is 14.9. The van der Waals surface area contributed by atoms with Crippen molar-refractivity contribution < 1.29 is 4.39 Å². The average Bonchev–Trinajstić information content (AvgIpc) is 2.69. The van der Waals surface area contributed by atoms with Crippen molar-refractivity contribution >= 4 is 10.8 Å². The lowest BCUT2D eigenvalue weighted by atomic mass is 9.64. The minimum absolute atomic E-state index is 0.0199. The van der Waals surface area contributed by atoms with Gasteiger partial charge in [0, 0.05) is 5.39 Å². The Balaban J connectivity index is 1.53. The lowest BCUT2D eigenvalue weighted by Gasteiger charge is -2.41. The molecule has 0 spiro atoms. The fraction of sp³-hybridized carbons (Fsp3) is 0.538. The van der Waals surface area contributed by atoms with Gasteiger partial charge in [-0.2, -0.15) is 0 Å². The van der Waals surface area contributed by atoms with Crippen LogP contribution in [0.2, 0.25) is 0 Å². The quantitative estimate of drug-likeness (QED) is 0.485. The fourth-order valence-electron chi connectivity index (χ4n) is 5.63. The summed E-state index contributed by atoms with van der Waals surface area (Å²) in [5.74, 6) is 3.45. The van der Waals surface area contributed by atoms with Gasteiger partial charge in [0.15, 0.2) is 0 Å².